The molecule has 4 nitrogen and oxygen atoms in total. The predicted octanol–water partition coefficient (Wildman–Crippen LogP) is 2.77. The van der Waals surface area contributed by atoms with Crippen LogP contribution in [0.25, 0.3) is 0 Å². The lowest BCUT2D eigenvalue weighted by atomic mass is 10.2. The molecule has 0 aliphatic carbocycles. The number of carbonyl (C=O) groups is 1. The molecule has 1 amide bonds. The van der Waals surface area contributed by atoms with Crippen molar-refractivity contribution in [3.63, 3.8) is 0 Å². The average Bonchev–Trinajstić information content (AvgIpc) is 2.81. The largest absolute Gasteiger partial charge is 0.491 e. The van der Waals surface area contributed by atoms with Gasteiger partial charge < -0.3 is 4.52 Å². The lowest BCUT2D eigenvalue weighted by Gasteiger charge is -2.24. The van der Waals surface area contributed by atoms with Crippen LogP contribution in [0.15, 0.2) is 47.1 Å². The first-order valence-corrected chi connectivity index (χ1v) is 5.33. The zero-order valence-corrected chi connectivity index (χ0v) is 9.59. The molecular weight excluding hydrogens is 261 g/mol. The van der Waals surface area contributed by atoms with E-state index in [1.54, 1.807) is 6.07 Å². The fourth-order valence-electron chi connectivity index (χ4n) is 1.57. The molecule has 1 aromatic carbocycles. The summed E-state index contributed by atoms with van der Waals surface area (Å²) < 4.78 is 43.5. The molecule has 0 atom stereocenters. The van der Waals surface area contributed by atoms with E-state index < -0.39 is 18.6 Å². The van der Waals surface area contributed by atoms with Crippen LogP contribution in [-0.4, -0.2) is 17.4 Å². The Balaban J connectivity index is 2.26. The topological polar surface area (TPSA) is 46.3 Å². The summed E-state index contributed by atoms with van der Waals surface area (Å²) in [5, 5.41) is 3.34. The van der Waals surface area contributed by atoms with E-state index in [9.17, 15) is 18.0 Å². The van der Waals surface area contributed by atoms with Crippen LogP contribution in [0, 0.1) is 0 Å². The van der Waals surface area contributed by atoms with Gasteiger partial charge in [-0.25, -0.2) is 4.90 Å². The smallest absolute Gasteiger partial charge is 0.361 e. The second-order valence-corrected chi connectivity index (χ2v) is 3.69. The molecule has 0 N–H and O–H groups in total. The summed E-state index contributed by atoms with van der Waals surface area (Å²) in [6, 6.07) is 8.19. The molecule has 0 bridgehead atoms. The number of rotatable bonds is 3. The van der Waals surface area contributed by atoms with Gasteiger partial charge in [-0.15, -0.1) is 13.2 Å². The monoisotopic (exact) mass is 270 g/mol. The van der Waals surface area contributed by atoms with Crippen LogP contribution in [0.4, 0.5) is 18.9 Å². The zero-order valence-electron chi connectivity index (χ0n) is 9.59. The Kier molecular flexibility index (Phi) is 3.55. The van der Waals surface area contributed by atoms with Gasteiger partial charge in [0.1, 0.15) is 5.76 Å². The molecule has 0 aliphatic rings. The number of halogens is 3. The fraction of sp³-hybridized carbons (Fsp3) is 0.167. The molecular formula is C12H9F3N2O2. The van der Waals surface area contributed by atoms with Gasteiger partial charge in [-0.05, 0) is 12.1 Å². The number of nitrogens with zero attached hydrogens (tertiary/aromatic N) is 2. The fourth-order valence-corrected chi connectivity index (χ4v) is 1.57. The van der Waals surface area contributed by atoms with Crippen molar-refractivity contribution in [2.24, 2.45) is 0 Å². The number of aromatic nitrogens is 1. The quantitative estimate of drug-likeness (QED) is 0.806. The first-order valence-electron chi connectivity index (χ1n) is 5.33. The summed E-state index contributed by atoms with van der Waals surface area (Å²) in [6.07, 6.45) is -4.03. The molecule has 2 rings (SSSR count). The van der Waals surface area contributed by atoms with Crippen LogP contribution in [0.2, 0.25) is 0 Å². The van der Waals surface area contributed by atoms with E-state index >= 15 is 0 Å². The van der Waals surface area contributed by atoms with Crippen molar-refractivity contribution < 1.29 is 22.5 Å². The van der Waals surface area contributed by atoms with E-state index in [1.165, 1.54) is 36.5 Å². The summed E-state index contributed by atoms with van der Waals surface area (Å²) in [7, 11) is 0. The van der Waals surface area contributed by atoms with Gasteiger partial charge >= 0.3 is 6.30 Å². The van der Waals surface area contributed by atoms with Crippen LogP contribution in [-0.2, 0) is 11.2 Å². The van der Waals surface area contributed by atoms with E-state index in [4.69, 9.17) is 0 Å². The Bertz CT molecular complexity index is 538. The van der Waals surface area contributed by atoms with Gasteiger partial charge in [-0.1, -0.05) is 23.4 Å². The van der Waals surface area contributed by atoms with Gasteiger partial charge in [-0.3, -0.25) is 4.79 Å². The van der Waals surface area contributed by atoms with Crippen LogP contribution in [0.5, 0.6) is 0 Å². The van der Waals surface area contributed by atoms with E-state index in [2.05, 4.69) is 9.68 Å². The Labute approximate surface area is 106 Å². The lowest BCUT2D eigenvalue weighted by Crippen LogP contribution is -2.43. The summed E-state index contributed by atoms with van der Waals surface area (Å²) in [5.41, 5.74) is -0.237. The number of anilines is 1. The van der Waals surface area contributed by atoms with Crippen molar-refractivity contribution in [1.29, 1.82) is 0 Å². The maximum Gasteiger partial charge on any atom is 0.491 e. The molecule has 0 radical (unpaired) electrons. The van der Waals surface area contributed by atoms with Gasteiger partial charge in [0.05, 0.1) is 18.3 Å². The third kappa shape index (κ3) is 3.12. The molecule has 19 heavy (non-hydrogen) atoms. The number of hydrogen-bond acceptors (Lipinski definition) is 3. The standard InChI is InChI=1S/C12H9F3N2O2/c13-12(14,15)17(9-4-2-1-3-5-9)11(18)8-10-6-7-16-19-10/h1-7H,8H2. The van der Waals surface area contributed by atoms with E-state index in [0.717, 1.165) is 0 Å². The summed E-state index contributed by atoms with van der Waals surface area (Å²) >= 11 is 0. The minimum Gasteiger partial charge on any atom is -0.361 e. The molecule has 0 fully saturated rings. The summed E-state index contributed by atoms with van der Waals surface area (Å²) in [4.78, 5) is 11.6. The minimum absolute atomic E-state index is 0.0789. The summed E-state index contributed by atoms with van der Waals surface area (Å²) in [5.74, 6) is -1.05. The molecule has 2 aromatic rings. The maximum atomic E-state index is 12.9. The molecule has 0 saturated carbocycles. The van der Waals surface area contributed by atoms with Crippen molar-refractivity contribution in [3.05, 3.63) is 48.4 Å². The Morgan fingerprint density at radius 2 is 1.89 bits per heavy atom. The Hall–Kier alpha value is -2.31. The van der Waals surface area contributed by atoms with Gasteiger partial charge in [-0.2, -0.15) is 0 Å². The molecule has 7 heteroatoms. The normalized spacial score (nSPS) is 11.3. The number of hydrogen-bond donors (Lipinski definition) is 0. The van der Waals surface area contributed by atoms with E-state index in [-0.39, 0.29) is 16.3 Å². The molecule has 0 saturated heterocycles. The van der Waals surface area contributed by atoms with E-state index in [0.29, 0.717) is 0 Å². The van der Waals surface area contributed by atoms with Crippen molar-refractivity contribution in [1.82, 2.24) is 5.16 Å². The first kappa shape index (κ1) is 13.1. The second-order valence-electron chi connectivity index (χ2n) is 3.69. The Morgan fingerprint density at radius 3 is 2.42 bits per heavy atom. The molecule has 1 aromatic heterocycles. The third-order valence-electron chi connectivity index (χ3n) is 2.33. The van der Waals surface area contributed by atoms with Gasteiger partial charge in [0.2, 0.25) is 5.91 Å². The van der Waals surface area contributed by atoms with Crippen LogP contribution in [0.1, 0.15) is 5.76 Å². The number of carbonyl (C=O) groups excluding carboxylic acids is 1. The maximum absolute atomic E-state index is 12.9. The highest BCUT2D eigenvalue weighted by atomic mass is 19.4. The number of benzene rings is 1. The molecule has 1 heterocycles. The van der Waals surface area contributed by atoms with Gasteiger partial charge in [0.15, 0.2) is 0 Å². The molecule has 0 unspecified atom stereocenters. The first-order chi connectivity index (χ1) is 8.98. The number of para-hydroxylation sites is 1. The Morgan fingerprint density at radius 1 is 1.21 bits per heavy atom. The predicted molar refractivity (Wildman–Crippen MR) is 60.2 cm³/mol. The van der Waals surface area contributed by atoms with Gasteiger partial charge in [0.25, 0.3) is 0 Å². The van der Waals surface area contributed by atoms with Crippen molar-refractivity contribution >= 4 is 11.6 Å². The zero-order chi connectivity index (χ0) is 13.9. The lowest BCUT2D eigenvalue weighted by molar-refractivity contribution is -0.149. The SMILES string of the molecule is O=C(Cc1ccno1)N(c1ccccc1)C(F)(F)F. The molecule has 0 spiro atoms. The minimum atomic E-state index is -4.79. The van der Waals surface area contributed by atoms with Crippen molar-refractivity contribution in [2.75, 3.05) is 4.90 Å². The van der Waals surface area contributed by atoms with Crippen molar-refractivity contribution in [2.45, 2.75) is 12.7 Å². The highest BCUT2D eigenvalue weighted by Crippen LogP contribution is 2.29. The van der Waals surface area contributed by atoms with Crippen LogP contribution < -0.4 is 4.90 Å². The molecule has 0 aliphatic heterocycles. The van der Waals surface area contributed by atoms with Crippen molar-refractivity contribution in [3.8, 4) is 0 Å². The van der Waals surface area contributed by atoms with E-state index in [1.807, 2.05) is 0 Å². The van der Waals surface area contributed by atoms with Crippen LogP contribution >= 0.6 is 0 Å². The summed E-state index contributed by atoms with van der Waals surface area (Å²) in [6.45, 7) is 0. The number of alkyl halides is 3. The third-order valence-corrected chi connectivity index (χ3v) is 2.33. The highest BCUT2D eigenvalue weighted by molar-refractivity contribution is 5.94. The highest BCUT2D eigenvalue weighted by Gasteiger charge is 2.42. The van der Waals surface area contributed by atoms with Gasteiger partial charge in [0, 0.05) is 6.07 Å². The average molecular weight is 270 g/mol. The molecule has 100 valence electrons. The second kappa shape index (κ2) is 5.13. The number of amides is 1. The van der Waals surface area contributed by atoms with Crippen LogP contribution in [0.3, 0.4) is 0 Å².